The summed E-state index contributed by atoms with van der Waals surface area (Å²) >= 11 is 0. The highest BCUT2D eigenvalue weighted by Crippen LogP contribution is 2.11. The molecule has 1 radical (unpaired) electrons. The smallest absolute Gasteiger partial charge is 0.0847 e. The molecule has 2 nitrogen and oxygen atoms in total. The van der Waals surface area contributed by atoms with Crippen LogP contribution in [0.15, 0.2) is 0 Å². The highest BCUT2D eigenvalue weighted by atomic mass is 16.6. The van der Waals surface area contributed by atoms with Crippen LogP contribution in [-0.4, -0.2) is 19.3 Å². The minimum absolute atomic E-state index is 0.0185. The first-order valence-electron chi connectivity index (χ1n) is 2.13. The molecule has 1 atom stereocenters. The summed E-state index contributed by atoms with van der Waals surface area (Å²) in [7, 11) is 0. The predicted molar refractivity (Wildman–Crippen MR) is 19.9 cm³/mol. The highest BCUT2D eigenvalue weighted by molar-refractivity contribution is 4.66. The molecule has 35 valence electrons. The Kier molecular flexibility index (Phi) is 1.08. The molecule has 0 spiro atoms. The van der Waals surface area contributed by atoms with E-state index in [4.69, 9.17) is 4.74 Å². The monoisotopic (exact) mass is 87.0 g/mol. The summed E-state index contributed by atoms with van der Waals surface area (Å²) in [6.45, 7) is 0.840. The van der Waals surface area contributed by atoms with Gasteiger partial charge in [-0.25, -0.2) is 5.11 Å². The van der Waals surface area contributed by atoms with E-state index in [9.17, 15) is 5.11 Å². The van der Waals surface area contributed by atoms with Gasteiger partial charge in [-0.05, 0) is 0 Å². The van der Waals surface area contributed by atoms with E-state index in [1.165, 1.54) is 0 Å². The third-order valence-corrected chi connectivity index (χ3v) is 0.842. The van der Waals surface area contributed by atoms with Gasteiger partial charge in [-0.2, -0.15) is 0 Å². The summed E-state index contributed by atoms with van der Waals surface area (Å²) in [5.74, 6) is 0. The molecule has 1 unspecified atom stereocenters. The quantitative estimate of drug-likeness (QED) is 0.443. The molecule has 0 aromatic rings. The van der Waals surface area contributed by atoms with Crippen molar-refractivity contribution in [3.05, 3.63) is 0 Å². The number of ether oxygens (including phenoxy) is 1. The Balaban J connectivity index is 1.88. The van der Waals surface area contributed by atoms with Gasteiger partial charge < -0.3 is 4.74 Å². The Hall–Kier alpha value is -0.0800. The molecule has 0 saturated carbocycles. The molecule has 0 aromatic carbocycles. The number of epoxide rings is 1. The first-order chi connectivity index (χ1) is 2.93. The Bertz CT molecular complexity index is 40.8. The maximum Gasteiger partial charge on any atom is 0.0847 e. The molecule has 0 aromatic heterocycles. The van der Waals surface area contributed by atoms with Gasteiger partial charge in [0.2, 0.25) is 0 Å². The molecule has 0 N–H and O–H groups in total. The van der Waals surface area contributed by atoms with E-state index >= 15 is 0 Å². The second kappa shape index (κ2) is 1.58. The predicted octanol–water partition coefficient (Wildman–Crippen LogP) is 0.206. The summed E-state index contributed by atoms with van der Waals surface area (Å²) in [5.41, 5.74) is 0. The van der Waals surface area contributed by atoms with Crippen LogP contribution in [0.25, 0.3) is 0 Å². The van der Waals surface area contributed by atoms with Gasteiger partial charge in [-0.3, -0.25) is 0 Å². The first kappa shape index (κ1) is 4.09. The molecule has 1 saturated heterocycles. The molecular formula is C4H7O2. The third kappa shape index (κ3) is 0.954. The minimum Gasteiger partial charge on any atom is -0.373 e. The largest absolute Gasteiger partial charge is 0.373 e. The molecule has 1 aliphatic heterocycles. The summed E-state index contributed by atoms with van der Waals surface area (Å²) in [6, 6.07) is 0. The molecule has 0 amide bonds. The average molecular weight is 87.1 g/mol. The van der Waals surface area contributed by atoms with E-state index in [-0.39, 0.29) is 6.61 Å². The fourth-order valence-corrected chi connectivity index (χ4v) is 0.366. The van der Waals surface area contributed by atoms with Crippen molar-refractivity contribution in [1.82, 2.24) is 0 Å². The lowest BCUT2D eigenvalue weighted by Crippen LogP contribution is -1.86. The molecule has 0 aliphatic carbocycles. The first-order valence-corrected chi connectivity index (χ1v) is 2.13. The Morgan fingerprint density at radius 1 is 1.83 bits per heavy atom. The van der Waals surface area contributed by atoms with Gasteiger partial charge in [0.05, 0.1) is 19.3 Å². The van der Waals surface area contributed by atoms with Crippen LogP contribution in [0.1, 0.15) is 6.42 Å². The summed E-state index contributed by atoms with van der Waals surface area (Å²) in [6.07, 6.45) is 1.04. The van der Waals surface area contributed by atoms with Crippen LogP contribution in [-0.2, 0) is 9.84 Å². The molecule has 0 bridgehead atoms. The minimum atomic E-state index is 0.0185. The van der Waals surface area contributed by atoms with Crippen LogP contribution in [0.3, 0.4) is 0 Å². The lowest BCUT2D eigenvalue weighted by atomic mass is 10.4. The fraction of sp³-hybridized carbons (Fsp3) is 1.00. The van der Waals surface area contributed by atoms with Crippen LogP contribution in [0, 0.1) is 0 Å². The number of rotatable bonds is 2. The van der Waals surface area contributed by atoms with E-state index in [0.29, 0.717) is 12.5 Å². The zero-order valence-electron chi connectivity index (χ0n) is 3.52. The van der Waals surface area contributed by atoms with Crippen molar-refractivity contribution in [1.29, 1.82) is 0 Å². The second-order valence-corrected chi connectivity index (χ2v) is 1.45. The molecule has 1 heterocycles. The maximum absolute atomic E-state index is 9.70. The normalized spacial score (nSPS) is 30.5. The summed E-state index contributed by atoms with van der Waals surface area (Å²) in [5, 5.41) is 9.70. The van der Waals surface area contributed by atoms with Crippen molar-refractivity contribution >= 4 is 0 Å². The molecule has 1 aliphatic rings. The topological polar surface area (TPSA) is 32.4 Å². The van der Waals surface area contributed by atoms with Crippen molar-refractivity contribution in [2.75, 3.05) is 13.2 Å². The summed E-state index contributed by atoms with van der Waals surface area (Å²) < 4.78 is 4.75. The van der Waals surface area contributed by atoms with Crippen molar-refractivity contribution in [2.45, 2.75) is 12.5 Å². The lowest BCUT2D eigenvalue weighted by molar-refractivity contribution is 0.178. The van der Waals surface area contributed by atoms with E-state index in [2.05, 4.69) is 0 Å². The molecule has 2 heteroatoms. The van der Waals surface area contributed by atoms with Gasteiger partial charge in [-0.1, -0.05) is 0 Å². The standard InChI is InChI=1S/C4H7O2/c5-2-1-4-3-6-4/h4H,1-3H2. The van der Waals surface area contributed by atoms with Gasteiger partial charge in [0.1, 0.15) is 0 Å². The van der Waals surface area contributed by atoms with Gasteiger partial charge in [-0.15, -0.1) is 0 Å². The Morgan fingerprint density at radius 2 is 2.50 bits per heavy atom. The molecule has 6 heavy (non-hydrogen) atoms. The molecule has 1 fully saturated rings. The van der Waals surface area contributed by atoms with E-state index in [0.717, 1.165) is 6.61 Å². The summed E-state index contributed by atoms with van der Waals surface area (Å²) in [4.78, 5) is 0. The van der Waals surface area contributed by atoms with Crippen molar-refractivity contribution < 1.29 is 9.84 Å². The van der Waals surface area contributed by atoms with Crippen LogP contribution in [0.2, 0.25) is 0 Å². The van der Waals surface area contributed by atoms with Gasteiger partial charge in [0.15, 0.2) is 0 Å². The van der Waals surface area contributed by atoms with E-state index in [1.54, 1.807) is 0 Å². The van der Waals surface area contributed by atoms with Crippen LogP contribution in [0.5, 0.6) is 0 Å². The molecule has 1 rings (SSSR count). The van der Waals surface area contributed by atoms with Crippen LogP contribution >= 0.6 is 0 Å². The molecular weight excluding hydrogens is 80.0 g/mol. The average Bonchev–Trinajstić information content (AvgIpc) is 2.21. The lowest BCUT2D eigenvalue weighted by Gasteiger charge is -1.77. The fourth-order valence-electron chi connectivity index (χ4n) is 0.366. The zero-order valence-corrected chi connectivity index (χ0v) is 3.52. The van der Waals surface area contributed by atoms with Crippen LogP contribution in [0.4, 0.5) is 0 Å². The SMILES string of the molecule is [O]CCC1CO1. The maximum atomic E-state index is 9.70. The van der Waals surface area contributed by atoms with Crippen LogP contribution < -0.4 is 0 Å². The van der Waals surface area contributed by atoms with Crippen molar-refractivity contribution in [3.63, 3.8) is 0 Å². The number of hydrogen-bond donors (Lipinski definition) is 0. The Labute approximate surface area is 36.7 Å². The van der Waals surface area contributed by atoms with Gasteiger partial charge >= 0.3 is 0 Å². The van der Waals surface area contributed by atoms with Gasteiger partial charge in [0.25, 0.3) is 0 Å². The van der Waals surface area contributed by atoms with E-state index in [1.807, 2.05) is 0 Å². The zero-order chi connectivity index (χ0) is 4.41. The Morgan fingerprint density at radius 3 is 2.67 bits per heavy atom. The van der Waals surface area contributed by atoms with Gasteiger partial charge in [0, 0.05) is 6.42 Å². The van der Waals surface area contributed by atoms with E-state index < -0.39 is 0 Å². The third-order valence-electron chi connectivity index (χ3n) is 0.842. The highest BCUT2D eigenvalue weighted by Gasteiger charge is 2.20. The number of hydrogen-bond acceptors (Lipinski definition) is 1. The van der Waals surface area contributed by atoms with Crippen molar-refractivity contribution in [2.24, 2.45) is 0 Å². The second-order valence-electron chi connectivity index (χ2n) is 1.45. The van der Waals surface area contributed by atoms with Crippen molar-refractivity contribution in [3.8, 4) is 0 Å².